The first-order chi connectivity index (χ1) is 9.08. The van der Waals surface area contributed by atoms with Crippen molar-refractivity contribution in [2.24, 2.45) is 17.8 Å². The molecule has 0 aliphatic heterocycles. The molecule has 0 heterocycles. The van der Waals surface area contributed by atoms with Crippen LogP contribution in [0.25, 0.3) is 0 Å². The summed E-state index contributed by atoms with van der Waals surface area (Å²) in [6.07, 6.45) is 6.72. The quantitative estimate of drug-likeness (QED) is 0.579. The maximum atomic E-state index is 11.9. The van der Waals surface area contributed by atoms with E-state index >= 15 is 0 Å². The molecule has 0 unspecified atom stereocenters. The summed E-state index contributed by atoms with van der Waals surface area (Å²) in [4.78, 5) is 23.2. The van der Waals surface area contributed by atoms with E-state index in [4.69, 9.17) is 9.47 Å². The van der Waals surface area contributed by atoms with E-state index in [-0.39, 0.29) is 12.0 Å². The third kappa shape index (κ3) is 2.63. The maximum absolute atomic E-state index is 11.9. The molecular formula is C15H22O4. The van der Waals surface area contributed by atoms with E-state index in [1.807, 2.05) is 0 Å². The summed E-state index contributed by atoms with van der Waals surface area (Å²) in [7, 11) is 0. The molecule has 0 N–H and O–H groups in total. The molecule has 4 rings (SSSR count). The van der Waals surface area contributed by atoms with Crippen molar-refractivity contribution in [1.82, 2.24) is 0 Å². The van der Waals surface area contributed by atoms with E-state index in [0.29, 0.717) is 6.61 Å². The molecule has 19 heavy (non-hydrogen) atoms. The van der Waals surface area contributed by atoms with Crippen LogP contribution in [0.4, 0.5) is 0 Å². The predicted molar refractivity (Wildman–Crippen MR) is 68.2 cm³/mol. The van der Waals surface area contributed by atoms with E-state index in [0.717, 1.165) is 37.0 Å². The van der Waals surface area contributed by atoms with Gasteiger partial charge in [0.05, 0.1) is 6.61 Å². The fourth-order valence-electron chi connectivity index (χ4n) is 4.76. The number of hydrogen-bond donors (Lipinski definition) is 0. The zero-order valence-electron chi connectivity index (χ0n) is 11.5. The molecule has 4 aliphatic carbocycles. The average Bonchev–Trinajstić information content (AvgIpc) is 2.25. The van der Waals surface area contributed by atoms with Crippen LogP contribution >= 0.6 is 0 Å². The number of carbonyl (C=O) groups is 2. The van der Waals surface area contributed by atoms with Crippen LogP contribution in [0.15, 0.2) is 0 Å². The molecule has 0 amide bonds. The highest BCUT2D eigenvalue weighted by Crippen LogP contribution is 2.57. The lowest BCUT2D eigenvalue weighted by Crippen LogP contribution is -2.52. The number of carbonyl (C=O) groups excluding carboxylic acids is 2. The van der Waals surface area contributed by atoms with Gasteiger partial charge in [0, 0.05) is 0 Å². The van der Waals surface area contributed by atoms with Crippen molar-refractivity contribution in [2.45, 2.75) is 57.5 Å². The first kappa shape index (κ1) is 12.9. The lowest BCUT2D eigenvalue weighted by atomic mass is 9.54. The Hall–Kier alpha value is -1.06. The standard InChI is InChI=1S/C15H22O4/c1-2-18-13(16)6-14(17)19-15-7-10-3-11(8-15)5-12(4-10)9-15/h10-12H,2-9H2,1H3. The fraction of sp³-hybridized carbons (Fsp3) is 0.867. The number of rotatable bonds is 4. The van der Waals surface area contributed by atoms with Crippen LogP contribution < -0.4 is 0 Å². The van der Waals surface area contributed by atoms with Crippen LogP contribution in [0, 0.1) is 17.8 Å². The van der Waals surface area contributed by atoms with Crippen LogP contribution in [0.2, 0.25) is 0 Å². The van der Waals surface area contributed by atoms with Crippen LogP contribution in [-0.2, 0) is 19.1 Å². The average molecular weight is 266 g/mol. The van der Waals surface area contributed by atoms with E-state index in [9.17, 15) is 9.59 Å². The Morgan fingerprint density at radius 1 is 1.00 bits per heavy atom. The van der Waals surface area contributed by atoms with Gasteiger partial charge in [-0.3, -0.25) is 9.59 Å². The zero-order chi connectivity index (χ0) is 13.5. The Balaban J connectivity index is 1.60. The zero-order valence-corrected chi connectivity index (χ0v) is 11.5. The summed E-state index contributed by atoms with van der Waals surface area (Å²) in [6, 6.07) is 0. The van der Waals surface area contributed by atoms with Gasteiger partial charge in [0.15, 0.2) is 0 Å². The highest BCUT2D eigenvalue weighted by Gasteiger charge is 2.53. The Labute approximate surface area is 113 Å². The summed E-state index contributed by atoms with van der Waals surface area (Å²) in [5.41, 5.74) is -0.252. The smallest absolute Gasteiger partial charge is 0.317 e. The Kier molecular flexibility index (Phi) is 3.27. The molecule has 106 valence electrons. The van der Waals surface area contributed by atoms with Gasteiger partial charge in [0.1, 0.15) is 12.0 Å². The van der Waals surface area contributed by atoms with Gasteiger partial charge in [-0.25, -0.2) is 0 Å². The summed E-state index contributed by atoms with van der Waals surface area (Å²) in [5.74, 6) is 1.34. The molecule has 0 atom stereocenters. The number of ether oxygens (including phenoxy) is 2. The summed E-state index contributed by atoms with van der Waals surface area (Å²) in [5, 5.41) is 0. The molecule has 0 aromatic rings. The summed E-state index contributed by atoms with van der Waals surface area (Å²) < 4.78 is 10.5. The van der Waals surface area contributed by atoms with Crippen molar-refractivity contribution in [3.05, 3.63) is 0 Å². The molecule has 0 radical (unpaired) electrons. The molecule has 0 aromatic carbocycles. The van der Waals surface area contributed by atoms with Crippen molar-refractivity contribution in [3.63, 3.8) is 0 Å². The minimum Gasteiger partial charge on any atom is -0.466 e. The van der Waals surface area contributed by atoms with Crippen molar-refractivity contribution >= 4 is 11.9 Å². The molecule has 0 spiro atoms. The normalized spacial score (nSPS) is 39.1. The van der Waals surface area contributed by atoms with E-state index in [1.165, 1.54) is 19.3 Å². The van der Waals surface area contributed by atoms with Crippen molar-refractivity contribution in [2.75, 3.05) is 6.61 Å². The molecule has 0 saturated heterocycles. The van der Waals surface area contributed by atoms with E-state index < -0.39 is 11.9 Å². The second-order valence-electron chi connectivity index (χ2n) is 6.56. The van der Waals surface area contributed by atoms with E-state index in [1.54, 1.807) is 6.92 Å². The third-order valence-electron chi connectivity index (χ3n) is 4.91. The Morgan fingerprint density at radius 3 is 2.00 bits per heavy atom. The molecule has 4 fully saturated rings. The highest BCUT2D eigenvalue weighted by molar-refractivity contribution is 5.91. The molecule has 4 heteroatoms. The van der Waals surface area contributed by atoms with Crippen LogP contribution in [0.3, 0.4) is 0 Å². The monoisotopic (exact) mass is 266 g/mol. The van der Waals surface area contributed by atoms with E-state index in [2.05, 4.69) is 0 Å². The van der Waals surface area contributed by atoms with Crippen LogP contribution in [0.5, 0.6) is 0 Å². The topological polar surface area (TPSA) is 52.6 Å². The molecule has 4 saturated carbocycles. The van der Waals surface area contributed by atoms with Gasteiger partial charge in [-0.15, -0.1) is 0 Å². The molecule has 4 aliphatic rings. The Bertz CT molecular complexity index is 352. The molecular weight excluding hydrogens is 244 g/mol. The predicted octanol–water partition coefficient (Wildman–Crippen LogP) is 2.45. The largest absolute Gasteiger partial charge is 0.466 e. The summed E-state index contributed by atoms with van der Waals surface area (Å²) in [6.45, 7) is 2.05. The second-order valence-corrected chi connectivity index (χ2v) is 6.56. The number of hydrogen-bond acceptors (Lipinski definition) is 4. The third-order valence-corrected chi connectivity index (χ3v) is 4.91. The molecule has 0 aromatic heterocycles. The van der Waals surface area contributed by atoms with Crippen molar-refractivity contribution in [1.29, 1.82) is 0 Å². The van der Waals surface area contributed by atoms with Gasteiger partial charge in [-0.1, -0.05) is 0 Å². The highest BCUT2D eigenvalue weighted by atomic mass is 16.6. The van der Waals surface area contributed by atoms with Gasteiger partial charge >= 0.3 is 11.9 Å². The lowest BCUT2D eigenvalue weighted by Gasteiger charge is -2.55. The second kappa shape index (κ2) is 4.80. The fourth-order valence-corrected chi connectivity index (χ4v) is 4.76. The van der Waals surface area contributed by atoms with Gasteiger partial charge in [-0.05, 0) is 63.2 Å². The SMILES string of the molecule is CCOC(=O)CC(=O)OC12CC3CC(CC(C3)C1)C2. The first-order valence-corrected chi connectivity index (χ1v) is 7.46. The minimum absolute atomic E-state index is 0.240. The summed E-state index contributed by atoms with van der Waals surface area (Å²) >= 11 is 0. The first-order valence-electron chi connectivity index (χ1n) is 7.46. The Morgan fingerprint density at radius 2 is 1.53 bits per heavy atom. The lowest BCUT2D eigenvalue weighted by molar-refractivity contribution is -0.188. The van der Waals surface area contributed by atoms with Crippen LogP contribution in [0.1, 0.15) is 51.9 Å². The minimum atomic E-state index is -0.475. The maximum Gasteiger partial charge on any atom is 0.317 e. The molecule has 4 nitrogen and oxygen atoms in total. The van der Waals surface area contributed by atoms with Crippen molar-refractivity contribution < 1.29 is 19.1 Å². The van der Waals surface area contributed by atoms with Gasteiger partial charge in [0.2, 0.25) is 0 Å². The number of esters is 2. The van der Waals surface area contributed by atoms with Gasteiger partial charge in [-0.2, -0.15) is 0 Å². The van der Waals surface area contributed by atoms with Gasteiger partial charge < -0.3 is 9.47 Å². The van der Waals surface area contributed by atoms with Crippen LogP contribution in [-0.4, -0.2) is 24.1 Å². The van der Waals surface area contributed by atoms with Crippen molar-refractivity contribution in [3.8, 4) is 0 Å². The molecule has 4 bridgehead atoms. The van der Waals surface area contributed by atoms with Gasteiger partial charge in [0.25, 0.3) is 0 Å².